The smallest absolute Gasteiger partial charge is 0.164 e. The molecular formula is C51H31N3OS. The zero-order valence-electron chi connectivity index (χ0n) is 30.1. The molecule has 0 amide bonds. The van der Waals surface area contributed by atoms with Crippen molar-refractivity contribution in [1.82, 2.24) is 15.0 Å². The Kier molecular flexibility index (Phi) is 7.64. The van der Waals surface area contributed by atoms with Gasteiger partial charge < -0.3 is 4.42 Å². The summed E-state index contributed by atoms with van der Waals surface area (Å²) in [6, 6.07) is 65.7. The fraction of sp³-hybridized carbons (Fsp3) is 0. The van der Waals surface area contributed by atoms with Crippen LogP contribution in [0.2, 0.25) is 0 Å². The van der Waals surface area contributed by atoms with Crippen molar-refractivity contribution in [2.75, 3.05) is 0 Å². The van der Waals surface area contributed by atoms with Crippen LogP contribution in [0.1, 0.15) is 0 Å². The molecule has 56 heavy (non-hydrogen) atoms. The molecule has 0 N–H and O–H groups in total. The van der Waals surface area contributed by atoms with E-state index in [2.05, 4.69) is 140 Å². The lowest BCUT2D eigenvalue weighted by Gasteiger charge is -2.11. The van der Waals surface area contributed by atoms with Gasteiger partial charge in [0, 0.05) is 53.2 Å². The van der Waals surface area contributed by atoms with Crippen molar-refractivity contribution in [1.29, 1.82) is 0 Å². The van der Waals surface area contributed by atoms with Gasteiger partial charge in [0.2, 0.25) is 0 Å². The number of furan rings is 1. The van der Waals surface area contributed by atoms with E-state index in [1.54, 1.807) is 0 Å². The Bertz CT molecular complexity index is 3260. The van der Waals surface area contributed by atoms with Gasteiger partial charge in [-0.3, -0.25) is 0 Å². The summed E-state index contributed by atoms with van der Waals surface area (Å²) in [6.45, 7) is 0. The molecule has 0 radical (unpaired) electrons. The van der Waals surface area contributed by atoms with E-state index in [0.717, 1.165) is 55.3 Å². The number of hydrogen-bond acceptors (Lipinski definition) is 5. The number of hydrogen-bond donors (Lipinski definition) is 0. The summed E-state index contributed by atoms with van der Waals surface area (Å²) in [5.41, 5.74) is 11.6. The van der Waals surface area contributed by atoms with Gasteiger partial charge in [0.05, 0.1) is 0 Å². The number of thiophene rings is 1. The van der Waals surface area contributed by atoms with Gasteiger partial charge >= 0.3 is 0 Å². The molecule has 8 aromatic carbocycles. The van der Waals surface area contributed by atoms with Crippen molar-refractivity contribution in [2.24, 2.45) is 0 Å². The summed E-state index contributed by atoms with van der Waals surface area (Å²) in [7, 11) is 0. The number of rotatable bonds is 6. The minimum absolute atomic E-state index is 0.641. The van der Waals surface area contributed by atoms with Gasteiger partial charge in [-0.05, 0) is 58.1 Å². The Balaban J connectivity index is 1.03. The van der Waals surface area contributed by atoms with Gasteiger partial charge in [-0.2, -0.15) is 0 Å². The second kappa shape index (κ2) is 13.3. The summed E-state index contributed by atoms with van der Waals surface area (Å²) in [6.07, 6.45) is 0. The number of aromatic nitrogens is 3. The molecule has 11 rings (SSSR count). The molecule has 0 aliphatic heterocycles. The molecule has 11 aromatic rings. The Morgan fingerprint density at radius 1 is 0.321 bits per heavy atom. The van der Waals surface area contributed by atoms with Crippen LogP contribution < -0.4 is 0 Å². The lowest BCUT2D eigenvalue weighted by atomic mass is 9.93. The topological polar surface area (TPSA) is 51.8 Å². The zero-order chi connectivity index (χ0) is 37.0. The molecule has 5 heteroatoms. The molecule has 0 fully saturated rings. The van der Waals surface area contributed by atoms with Gasteiger partial charge in [0.25, 0.3) is 0 Å². The molecule has 3 heterocycles. The fourth-order valence-electron chi connectivity index (χ4n) is 7.83. The van der Waals surface area contributed by atoms with Gasteiger partial charge in [0.15, 0.2) is 17.5 Å². The van der Waals surface area contributed by atoms with Crippen molar-refractivity contribution in [3.63, 3.8) is 0 Å². The lowest BCUT2D eigenvalue weighted by molar-refractivity contribution is 0.669. The standard InChI is InChI=1S/C51H31N3OS/c1-3-13-32(14-4-1)34-17-11-18-36(29-34)50-52-49(33-15-5-2-6-16-33)53-51(54-50)37-26-28-42-44-23-12-22-43(48(44)56-47(42)31-37)39-20-8-7-19-38(39)35-25-27-41-40-21-9-10-24-45(40)55-46(41)30-35/h1-31H. The lowest BCUT2D eigenvalue weighted by Crippen LogP contribution is -2.00. The van der Waals surface area contributed by atoms with E-state index in [-0.39, 0.29) is 0 Å². The van der Waals surface area contributed by atoms with Crippen LogP contribution in [0.15, 0.2) is 192 Å². The average molecular weight is 734 g/mol. The third-order valence-corrected chi connectivity index (χ3v) is 11.8. The molecule has 0 unspecified atom stereocenters. The van der Waals surface area contributed by atoms with Gasteiger partial charge in [-0.25, -0.2) is 15.0 Å². The number of fused-ring (bicyclic) bond motifs is 6. The van der Waals surface area contributed by atoms with Crippen molar-refractivity contribution >= 4 is 53.4 Å². The molecule has 0 bridgehead atoms. The molecule has 0 saturated heterocycles. The minimum Gasteiger partial charge on any atom is -0.456 e. The maximum atomic E-state index is 6.29. The van der Waals surface area contributed by atoms with Crippen molar-refractivity contribution in [3.05, 3.63) is 188 Å². The first-order chi connectivity index (χ1) is 27.7. The Morgan fingerprint density at radius 3 is 1.70 bits per heavy atom. The summed E-state index contributed by atoms with van der Waals surface area (Å²) < 4.78 is 8.72. The summed E-state index contributed by atoms with van der Waals surface area (Å²) >= 11 is 1.81. The molecule has 4 nitrogen and oxygen atoms in total. The minimum atomic E-state index is 0.641. The second-order valence-corrected chi connectivity index (χ2v) is 15.0. The largest absolute Gasteiger partial charge is 0.456 e. The predicted molar refractivity (Wildman–Crippen MR) is 233 cm³/mol. The number of benzene rings is 8. The third kappa shape index (κ3) is 5.56. The molecule has 0 aliphatic carbocycles. The van der Waals surface area contributed by atoms with Gasteiger partial charge in [-0.15, -0.1) is 11.3 Å². The highest BCUT2D eigenvalue weighted by Crippen LogP contribution is 2.44. The normalized spacial score (nSPS) is 11.6. The highest BCUT2D eigenvalue weighted by molar-refractivity contribution is 7.26. The summed E-state index contributed by atoms with van der Waals surface area (Å²) in [5.74, 6) is 1.93. The molecule has 262 valence electrons. The van der Waals surface area contributed by atoms with Crippen molar-refractivity contribution in [3.8, 4) is 67.5 Å². The Morgan fingerprint density at radius 2 is 0.875 bits per heavy atom. The van der Waals surface area contributed by atoms with E-state index in [1.165, 1.54) is 36.9 Å². The first-order valence-corrected chi connectivity index (χ1v) is 19.5. The number of para-hydroxylation sites is 1. The molecular weight excluding hydrogens is 703 g/mol. The third-order valence-electron chi connectivity index (χ3n) is 10.6. The summed E-state index contributed by atoms with van der Waals surface area (Å²) in [4.78, 5) is 15.2. The maximum Gasteiger partial charge on any atom is 0.164 e. The second-order valence-electron chi connectivity index (χ2n) is 14.0. The van der Waals surface area contributed by atoms with E-state index in [0.29, 0.717) is 17.5 Å². The van der Waals surface area contributed by atoms with E-state index in [4.69, 9.17) is 19.4 Å². The first kappa shape index (κ1) is 32.2. The molecule has 0 atom stereocenters. The fourth-order valence-corrected chi connectivity index (χ4v) is 9.10. The van der Waals surface area contributed by atoms with Crippen LogP contribution in [0.3, 0.4) is 0 Å². The van der Waals surface area contributed by atoms with Crippen LogP contribution >= 0.6 is 11.3 Å². The SMILES string of the molecule is c1ccc(-c2cccc(-c3nc(-c4ccccc4)nc(-c4ccc5c(c4)sc4c(-c6ccccc6-c6ccc7c(c6)oc6ccccc67)cccc45)n3)c2)cc1. The van der Waals surface area contributed by atoms with Gasteiger partial charge in [0.1, 0.15) is 11.2 Å². The highest BCUT2D eigenvalue weighted by atomic mass is 32.1. The maximum absolute atomic E-state index is 6.29. The Hall–Kier alpha value is -7.21. The molecule has 0 saturated carbocycles. The molecule has 3 aromatic heterocycles. The van der Waals surface area contributed by atoms with Crippen LogP contribution in [-0.4, -0.2) is 15.0 Å². The monoisotopic (exact) mass is 733 g/mol. The molecule has 0 spiro atoms. The van der Waals surface area contributed by atoms with Crippen LogP contribution in [-0.2, 0) is 0 Å². The van der Waals surface area contributed by atoms with Crippen LogP contribution in [0, 0.1) is 0 Å². The Labute approximate surface area is 327 Å². The van der Waals surface area contributed by atoms with E-state index in [1.807, 2.05) is 59.9 Å². The van der Waals surface area contributed by atoms with Crippen molar-refractivity contribution in [2.45, 2.75) is 0 Å². The van der Waals surface area contributed by atoms with Crippen LogP contribution in [0.4, 0.5) is 0 Å². The predicted octanol–water partition coefficient (Wildman–Crippen LogP) is 14.1. The summed E-state index contributed by atoms with van der Waals surface area (Å²) in [5, 5.41) is 4.71. The van der Waals surface area contributed by atoms with Crippen molar-refractivity contribution < 1.29 is 4.42 Å². The zero-order valence-corrected chi connectivity index (χ0v) is 30.9. The van der Waals surface area contributed by atoms with Crippen LogP contribution in [0.5, 0.6) is 0 Å². The molecule has 0 aliphatic rings. The highest BCUT2D eigenvalue weighted by Gasteiger charge is 2.18. The average Bonchev–Trinajstić information content (AvgIpc) is 3.85. The first-order valence-electron chi connectivity index (χ1n) is 18.7. The number of nitrogens with zero attached hydrogens (tertiary/aromatic N) is 3. The van der Waals surface area contributed by atoms with E-state index in [9.17, 15) is 0 Å². The van der Waals surface area contributed by atoms with Crippen LogP contribution in [0.25, 0.3) is 110 Å². The van der Waals surface area contributed by atoms with E-state index >= 15 is 0 Å². The van der Waals surface area contributed by atoms with E-state index < -0.39 is 0 Å². The van der Waals surface area contributed by atoms with Gasteiger partial charge in [-0.1, -0.05) is 158 Å². The quantitative estimate of drug-likeness (QED) is 0.171.